The van der Waals surface area contributed by atoms with Gasteiger partial charge in [0, 0.05) is 43.0 Å². The first-order valence-corrected chi connectivity index (χ1v) is 10.4. The minimum Gasteiger partial charge on any atom is -0.497 e. The molecular formula is C24H25N3O4. The van der Waals surface area contributed by atoms with Crippen molar-refractivity contribution in [3.63, 3.8) is 0 Å². The highest BCUT2D eigenvalue weighted by atomic mass is 16.5. The van der Waals surface area contributed by atoms with Gasteiger partial charge in [-0.25, -0.2) is 4.79 Å². The predicted molar refractivity (Wildman–Crippen MR) is 117 cm³/mol. The van der Waals surface area contributed by atoms with Crippen LogP contribution in [0.15, 0.2) is 60.7 Å². The summed E-state index contributed by atoms with van der Waals surface area (Å²) in [6, 6.07) is 14.6. The number of nitrogens with one attached hydrogen (secondary N) is 1. The number of carbonyl (C=O) groups is 3. The number of urea groups is 1. The van der Waals surface area contributed by atoms with E-state index in [1.807, 2.05) is 29.2 Å². The molecule has 4 rings (SSSR count). The third kappa shape index (κ3) is 4.60. The van der Waals surface area contributed by atoms with Crippen LogP contribution in [0.25, 0.3) is 0 Å². The monoisotopic (exact) mass is 419 g/mol. The van der Waals surface area contributed by atoms with Crippen LogP contribution in [0, 0.1) is 0 Å². The van der Waals surface area contributed by atoms with Crippen molar-refractivity contribution < 1.29 is 19.1 Å². The van der Waals surface area contributed by atoms with Crippen LogP contribution in [0.4, 0.5) is 10.5 Å². The number of likely N-dealkylation sites (tertiary alicyclic amines) is 1. The van der Waals surface area contributed by atoms with Gasteiger partial charge < -0.3 is 19.9 Å². The Hall–Kier alpha value is -3.61. The molecule has 7 nitrogen and oxygen atoms in total. The molecule has 2 heterocycles. The van der Waals surface area contributed by atoms with Crippen molar-refractivity contribution in [3.05, 3.63) is 71.8 Å². The van der Waals surface area contributed by atoms with Crippen molar-refractivity contribution in [2.45, 2.75) is 25.4 Å². The number of ether oxygens (including phenoxy) is 1. The molecule has 7 heteroatoms. The van der Waals surface area contributed by atoms with Crippen LogP contribution in [0.3, 0.4) is 0 Å². The van der Waals surface area contributed by atoms with Crippen LogP contribution >= 0.6 is 0 Å². The minimum atomic E-state index is -0.245. The third-order valence-electron chi connectivity index (χ3n) is 5.81. The second-order valence-corrected chi connectivity index (χ2v) is 7.70. The molecule has 2 aromatic rings. The lowest BCUT2D eigenvalue weighted by Crippen LogP contribution is -2.50. The summed E-state index contributed by atoms with van der Waals surface area (Å²) >= 11 is 0. The zero-order valence-electron chi connectivity index (χ0n) is 17.4. The maximum absolute atomic E-state index is 12.5. The fraction of sp³-hybridized carbons (Fsp3) is 0.292. The molecule has 0 aromatic heterocycles. The van der Waals surface area contributed by atoms with E-state index in [1.54, 1.807) is 36.3 Å². The van der Waals surface area contributed by atoms with Gasteiger partial charge in [0.1, 0.15) is 5.75 Å². The summed E-state index contributed by atoms with van der Waals surface area (Å²) in [6.45, 7) is 1.68. The van der Waals surface area contributed by atoms with Crippen LogP contribution < -0.4 is 10.1 Å². The van der Waals surface area contributed by atoms with Gasteiger partial charge in [-0.1, -0.05) is 30.3 Å². The average Bonchev–Trinajstić information content (AvgIpc) is 2.82. The van der Waals surface area contributed by atoms with Gasteiger partial charge in [0.05, 0.1) is 7.11 Å². The number of amides is 3. The quantitative estimate of drug-likeness (QED) is 0.595. The maximum atomic E-state index is 12.5. The van der Waals surface area contributed by atoms with Gasteiger partial charge in [-0.15, -0.1) is 0 Å². The van der Waals surface area contributed by atoms with E-state index in [2.05, 4.69) is 5.32 Å². The lowest BCUT2D eigenvalue weighted by Gasteiger charge is -2.40. The molecule has 0 bridgehead atoms. The zero-order valence-corrected chi connectivity index (χ0v) is 17.4. The highest BCUT2D eigenvalue weighted by Gasteiger charge is 2.32. The van der Waals surface area contributed by atoms with Crippen LogP contribution in [-0.2, 0) is 11.3 Å². The molecule has 31 heavy (non-hydrogen) atoms. The second kappa shape index (κ2) is 9.04. The summed E-state index contributed by atoms with van der Waals surface area (Å²) in [6.07, 6.45) is 4.04. The molecule has 0 radical (unpaired) electrons. The lowest BCUT2D eigenvalue weighted by atomic mass is 10.0. The molecule has 0 spiro atoms. The normalized spacial score (nSPS) is 16.7. The zero-order chi connectivity index (χ0) is 21.8. The molecular weight excluding hydrogens is 394 g/mol. The summed E-state index contributed by atoms with van der Waals surface area (Å²) in [5.74, 6) is 0.158. The van der Waals surface area contributed by atoms with Gasteiger partial charge in [-0.05, 0) is 42.7 Å². The first kappa shape index (κ1) is 20.7. The van der Waals surface area contributed by atoms with Gasteiger partial charge in [0.15, 0.2) is 5.78 Å². The molecule has 3 amide bonds. The van der Waals surface area contributed by atoms with E-state index < -0.39 is 0 Å². The topological polar surface area (TPSA) is 79.0 Å². The van der Waals surface area contributed by atoms with Gasteiger partial charge in [-0.2, -0.15) is 0 Å². The molecule has 1 fully saturated rings. The molecule has 160 valence electrons. The van der Waals surface area contributed by atoms with E-state index in [0.29, 0.717) is 43.8 Å². The minimum absolute atomic E-state index is 0.0831. The summed E-state index contributed by atoms with van der Waals surface area (Å²) in [5, 5.41) is 2.95. The van der Waals surface area contributed by atoms with E-state index >= 15 is 0 Å². The van der Waals surface area contributed by atoms with Crippen molar-refractivity contribution in [2.75, 3.05) is 25.5 Å². The maximum Gasteiger partial charge on any atom is 0.322 e. The number of ketones is 1. The molecule has 2 aromatic carbocycles. The number of rotatable bonds is 5. The fourth-order valence-corrected chi connectivity index (χ4v) is 4.04. The van der Waals surface area contributed by atoms with E-state index in [-0.39, 0.29) is 23.8 Å². The van der Waals surface area contributed by atoms with Gasteiger partial charge in [0.2, 0.25) is 5.91 Å². The standard InChI is InChI=1S/C24H25N3O4/c1-31-20-7-4-6-17(15-20)22(28)9-10-23(29)26-13-11-19(12-14-26)27-16-18-5-2-3-8-21(18)25-24(27)30/h2-10,15,19H,11-14,16H2,1H3,(H,25,30)/b10-9+. The van der Waals surface area contributed by atoms with Crippen molar-refractivity contribution in [3.8, 4) is 5.75 Å². The number of nitrogens with zero attached hydrogens (tertiary/aromatic N) is 2. The summed E-state index contributed by atoms with van der Waals surface area (Å²) in [7, 11) is 1.54. The molecule has 2 aliphatic rings. The Kier molecular flexibility index (Phi) is 6.02. The highest BCUT2D eigenvalue weighted by molar-refractivity contribution is 6.07. The number of piperidine rings is 1. The molecule has 0 aliphatic carbocycles. The van der Waals surface area contributed by atoms with Crippen LogP contribution in [0.5, 0.6) is 5.75 Å². The number of hydrogen-bond acceptors (Lipinski definition) is 4. The highest BCUT2D eigenvalue weighted by Crippen LogP contribution is 2.27. The van der Waals surface area contributed by atoms with E-state index in [9.17, 15) is 14.4 Å². The average molecular weight is 419 g/mol. The number of allylic oxidation sites excluding steroid dienone is 1. The lowest BCUT2D eigenvalue weighted by molar-refractivity contribution is -0.127. The molecule has 2 aliphatic heterocycles. The Bertz CT molecular complexity index is 1020. The Morgan fingerprint density at radius 3 is 2.61 bits per heavy atom. The number of methoxy groups -OCH3 is 1. The Morgan fingerprint density at radius 2 is 1.84 bits per heavy atom. The van der Waals surface area contributed by atoms with Crippen molar-refractivity contribution >= 4 is 23.4 Å². The molecule has 0 atom stereocenters. The van der Waals surface area contributed by atoms with Crippen LogP contribution in [-0.4, -0.2) is 53.8 Å². The Balaban J connectivity index is 1.32. The number of fused-ring (bicyclic) bond motifs is 1. The number of benzene rings is 2. The van der Waals surface area contributed by atoms with Crippen LogP contribution in [0.2, 0.25) is 0 Å². The SMILES string of the molecule is COc1cccc(C(=O)/C=C/C(=O)N2CCC(N3Cc4ccccc4NC3=O)CC2)c1. The first-order valence-electron chi connectivity index (χ1n) is 10.4. The van der Waals surface area contributed by atoms with E-state index in [0.717, 1.165) is 11.3 Å². The number of hydrogen-bond donors (Lipinski definition) is 1. The first-order chi connectivity index (χ1) is 15.0. The number of anilines is 1. The summed E-state index contributed by atoms with van der Waals surface area (Å²) < 4.78 is 5.13. The van der Waals surface area contributed by atoms with Crippen molar-refractivity contribution in [1.82, 2.24) is 9.80 Å². The van der Waals surface area contributed by atoms with Gasteiger partial charge in [0.25, 0.3) is 0 Å². The van der Waals surface area contributed by atoms with Crippen molar-refractivity contribution in [2.24, 2.45) is 0 Å². The fourth-order valence-electron chi connectivity index (χ4n) is 4.04. The molecule has 0 unspecified atom stereocenters. The van der Waals surface area contributed by atoms with E-state index in [1.165, 1.54) is 12.2 Å². The molecule has 1 saturated heterocycles. The van der Waals surface area contributed by atoms with Crippen LogP contribution in [0.1, 0.15) is 28.8 Å². The van der Waals surface area contributed by atoms with Crippen molar-refractivity contribution in [1.29, 1.82) is 0 Å². The van der Waals surface area contributed by atoms with E-state index in [4.69, 9.17) is 4.74 Å². The summed E-state index contributed by atoms with van der Waals surface area (Å²) in [4.78, 5) is 41.0. The predicted octanol–water partition coefficient (Wildman–Crippen LogP) is 3.47. The number of para-hydroxylation sites is 1. The van der Waals surface area contributed by atoms with Gasteiger partial charge >= 0.3 is 6.03 Å². The number of carbonyl (C=O) groups excluding carboxylic acids is 3. The Labute approximate surface area is 181 Å². The third-order valence-corrected chi connectivity index (χ3v) is 5.81. The smallest absolute Gasteiger partial charge is 0.322 e. The second-order valence-electron chi connectivity index (χ2n) is 7.70. The summed E-state index contributed by atoms with van der Waals surface area (Å²) in [5.41, 5.74) is 2.43. The largest absolute Gasteiger partial charge is 0.497 e. The molecule has 1 N–H and O–H groups in total. The molecule has 0 saturated carbocycles. The van der Waals surface area contributed by atoms with Gasteiger partial charge in [-0.3, -0.25) is 9.59 Å². The Morgan fingerprint density at radius 1 is 1.06 bits per heavy atom.